The SMILES string of the molecule is C=C(C)C(=C)OCCOC(=O)Nc1ccc(Cc2ccc(CC(=O)OCCOC(=O)C(=C)C)cc2)cc1.C=C(C)C(=O)OCCCC(=O)OCCOc1c(Br)cc(C(C)(C)c2cc(Br)c(OCCOC(=O)CCCOC(=O)C(=C)C)c(Br)c2)cc1Br. The van der Waals surface area contributed by atoms with Gasteiger partial charge in [0.25, 0.3) is 0 Å². The molecule has 0 atom stereocenters. The summed E-state index contributed by atoms with van der Waals surface area (Å²) in [6.45, 7) is 29.5. The van der Waals surface area contributed by atoms with Crippen molar-refractivity contribution in [1.29, 1.82) is 0 Å². The van der Waals surface area contributed by atoms with Crippen LogP contribution in [0.15, 0.2) is 152 Å². The Labute approximate surface area is 536 Å². The highest BCUT2D eigenvalue weighted by Gasteiger charge is 2.28. The van der Waals surface area contributed by atoms with Crippen LogP contribution in [-0.4, -0.2) is 108 Å². The number of hydrogen-bond acceptors (Lipinski definition) is 17. The summed E-state index contributed by atoms with van der Waals surface area (Å²) in [5.41, 5.74) is 6.72. The molecule has 0 aliphatic rings. The molecule has 0 saturated heterocycles. The van der Waals surface area contributed by atoms with E-state index in [0.717, 1.165) is 51.3 Å². The fourth-order valence-electron chi connectivity index (χ4n) is 6.96. The van der Waals surface area contributed by atoms with E-state index in [9.17, 15) is 33.6 Å². The van der Waals surface area contributed by atoms with Crippen LogP contribution in [0.1, 0.15) is 95.0 Å². The van der Waals surface area contributed by atoms with E-state index < -0.39 is 47.3 Å². The van der Waals surface area contributed by atoms with Crippen molar-refractivity contribution in [2.24, 2.45) is 0 Å². The summed E-state index contributed by atoms with van der Waals surface area (Å²) in [4.78, 5) is 81.9. The molecule has 0 bridgehead atoms. The summed E-state index contributed by atoms with van der Waals surface area (Å²) in [5, 5.41) is 2.67. The molecule has 0 spiro atoms. The van der Waals surface area contributed by atoms with Gasteiger partial charge in [0.2, 0.25) is 0 Å². The molecule has 0 heterocycles. The number of carbonyl (C=O) groups is 7. The summed E-state index contributed by atoms with van der Waals surface area (Å²) in [7, 11) is 0. The minimum atomic E-state index is -0.570. The number of allylic oxidation sites excluding steroid dienone is 1. The molecule has 0 fully saturated rings. The number of halogens is 4. The third-order valence-electron chi connectivity index (χ3n) is 11.8. The first-order valence-corrected chi connectivity index (χ1v) is 30.1. The molecule has 22 heteroatoms. The average Bonchev–Trinajstić information content (AvgIpc) is 1.99. The van der Waals surface area contributed by atoms with Gasteiger partial charge in [0.1, 0.15) is 70.1 Å². The Morgan fingerprint density at radius 3 is 1.20 bits per heavy atom. The van der Waals surface area contributed by atoms with Gasteiger partial charge < -0.3 is 47.4 Å². The fraction of sp³-hybridized carbons (Fsp3) is 0.359. The second kappa shape index (κ2) is 38.2. The largest absolute Gasteiger partial charge is 0.490 e. The first-order chi connectivity index (χ1) is 40.7. The Balaban J connectivity index is 0.000000468. The van der Waals surface area contributed by atoms with Gasteiger partial charge in [0, 0.05) is 40.7 Å². The minimum Gasteiger partial charge on any atom is -0.490 e. The van der Waals surface area contributed by atoms with Crippen molar-refractivity contribution in [3.8, 4) is 11.5 Å². The maximum atomic E-state index is 12.0. The molecule has 0 aliphatic heterocycles. The second-order valence-electron chi connectivity index (χ2n) is 19.7. The van der Waals surface area contributed by atoms with E-state index in [2.05, 4.69) is 116 Å². The molecule has 0 saturated carbocycles. The number of anilines is 1. The van der Waals surface area contributed by atoms with Gasteiger partial charge in [-0.25, -0.2) is 19.2 Å². The van der Waals surface area contributed by atoms with E-state index in [-0.39, 0.29) is 85.3 Å². The summed E-state index contributed by atoms with van der Waals surface area (Å²) < 4.78 is 55.4. The van der Waals surface area contributed by atoms with Crippen molar-refractivity contribution in [3.05, 3.63) is 179 Å². The Morgan fingerprint density at radius 1 is 0.430 bits per heavy atom. The lowest BCUT2D eigenvalue weighted by molar-refractivity contribution is -0.149. The number of hydrogen-bond donors (Lipinski definition) is 1. The molecule has 0 aromatic heterocycles. The smallest absolute Gasteiger partial charge is 0.411 e. The highest BCUT2D eigenvalue weighted by atomic mass is 79.9. The maximum Gasteiger partial charge on any atom is 0.411 e. The Hall–Kier alpha value is -7.01. The number of carbonyl (C=O) groups excluding carboxylic acids is 7. The van der Waals surface area contributed by atoms with Gasteiger partial charge >= 0.3 is 41.9 Å². The lowest BCUT2D eigenvalue weighted by Gasteiger charge is -2.28. The van der Waals surface area contributed by atoms with Crippen molar-refractivity contribution in [2.75, 3.05) is 71.4 Å². The lowest BCUT2D eigenvalue weighted by Crippen LogP contribution is -2.20. The van der Waals surface area contributed by atoms with Gasteiger partial charge in [-0.05, 0) is 180 Å². The Kier molecular flexibility index (Phi) is 32.5. The molecular formula is C64H73Br4NO17. The standard InChI is InChI=1S/C35H40Br4O10.C29H33NO7/c1-21(2)33(42)48-11-7-9-29(40)44-13-15-46-31-25(36)17-23(18-26(31)37)35(5,6)24-19-27(38)32(28(39)20-24)47-16-14-45-30(41)10-8-12-49-34(43)22(3)4;1-20(2)22(5)34-14-17-37-29(33)30-26-12-10-24(11-13-26)18-23-6-8-25(9-7-23)19-27(31)35-15-16-36-28(32)21(3)4/h17-20H,1,3,7-16H2,2,4-6H3;6-13H,1,3,5,14-19H2,2,4H3,(H,30,33). The third-order valence-corrected chi connectivity index (χ3v) is 14.2. The van der Waals surface area contributed by atoms with E-state index in [1.54, 1.807) is 39.8 Å². The van der Waals surface area contributed by atoms with E-state index in [4.69, 9.17) is 47.4 Å². The van der Waals surface area contributed by atoms with Crippen molar-refractivity contribution < 1.29 is 80.9 Å². The van der Waals surface area contributed by atoms with Gasteiger partial charge in [0.15, 0.2) is 0 Å². The van der Waals surface area contributed by atoms with Gasteiger partial charge in [-0.2, -0.15) is 0 Å². The number of amides is 1. The first-order valence-electron chi connectivity index (χ1n) is 27.0. The molecule has 1 amide bonds. The zero-order chi connectivity index (χ0) is 63.9. The monoisotopic (exact) mass is 1440 g/mol. The fourth-order valence-corrected chi connectivity index (χ4v) is 9.79. The van der Waals surface area contributed by atoms with Gasteiger partial charge in [-0.3, -0.25) is 19.7 Å². The predicted molar refractivity (Wildman–Crippen MR) is 340 cm³/mol. The Morgan fingerprint density at radius 2 is 0.779 bits per heavy atom. The molecule has 0 radical (unpaired) electrons. The minimum absolute atomic E-state index is 0.00146. The number of esters is 6. The topological polar surface area (TPSA) is 224 Å². The van der Waals surface area contributed by atoms with Crippen LogP contribution in [0.2, 0.25) is 0 Å². The third kappa shape index (κ3) is 27.6. The maximum absolute atomic E-state index is 12.0. The number of rotatable bonds is 34. The predicted octanol–water partition coefficient (Wildman–Crippen LogP) is 13.8. The van der Waals surface area contributed by atoms with Crippen molar-refractivity contribution in [2.45, 2.75) is 85.5 Å². The Bertz CT molecular complexity index is 2820. The molecule has 4 aromatic carbocycles. The van der Waals surface area contributed by atoms with Crippen LogP contribution in [0.25, 0.3) is 0 Å². The summed E-state index contributed by atoms with van der Waals surface area (Å²) >= 11 is 14.5. The van der Waals surface area contributed by atoms with Crippen LogP contribution >= 0.6 is 63.7 Å². The van der Waals surface area contributed by atoms with Crippen molar-refractivity contribution >= 4 is 111 Å². The normalized spacial score (nSPS) is 10.6. The van der Waals surface area contributed by atoms with Crippen molar-refractivity contribution in [1.82, 2.24) is 0 Å². The molecule has 0 unspecified atom stereocenters. The molecule has 464 valence electrons. The van der Waals surface area contributed by atoms with Gasteiger partial charge in [0.05, 0.1) is 37.5 Å². The van der Waals surface area contributed by atoms with E-state index in [1.807, 2.05) is 60.7 Å². The first kappa shape index (κ1) is 73.2. The van der Waals surface area contributed by atoms with Crippen LogP contribution in [0, 0.1) is 0 Å². The quantitative estimate of drug-likeness (QED) is 0.0115. The van der Waals surface area contributed by atoms with Crippen LogP contribution < -0.4 is 14.8 Å². The summed E-state index contributed by atoms with van der Waals surface area (Å²) in [5.74, 6) is -1.09. The average molecular weight is 1450 g/mol. The zero-order valence-corrected chi connectivity index (χ0v) is 55.6. The molecule has 86 heavy (non-hydrogen) atoms. The molecule has 4 rings (SSSR count). The lowest BCUT2D eigenvalue weighted by atomic mass is 9.78. The van der Waals surface area contributed by atoms with Crippen LogP contribution in [0.4, 0.5) is 10.5 Å². The van der Waals surface area contributed by atoms with Gasteiger partial charge in [-0.15, -0.1) is 0 Å². The number of ether oxygens (including phenoxy) is 10. The zero-order valence-electron chi connectivity index (χ0n) is 49.2. The molecule has 1 N–H and O–H groups in total. The second-order valence-corrected chi connectivity index (χ2v) is 23.1. The molecule has 4 aromatic rings. The van der Waals surface area contributed by atoms with E-state index >= 15 is 0 Å². The van der Waals surface area contributed by atoms with Crippen LogP contribution in [0.3, 0.4) is 0 Å². The van der Waals surface area contributed by atoms with Crippen molar-refractivity contribution in [3.63, 3.8) is 0 Å². The molecule has 18 nitrogen and oxygen atoms in total. The van der Waals surface area contributed by atoms with E-state index in [1.165, 1.54) is 0 Å². The number of nitrogens with one attached hydrogen (secondary N) is 1. The number of benzene rings is 4. The highest BCUT2D eigenvalue weighted by molar-refractivity contribution is 9.11. The van der Waals surface area contributed by atoms with E-state index in [0.29, 0.717) is 58.9 Å². The molecule has 0 aliphatic carbocycles. The van der Waals surface area contributed by atoms with Crippen LogP contribution in [0.5, 0.6) is 11.5 Å². The summed E-state index contributed by atoms with van der Waals surface area (Å²) in [6, 6.07) is 23.0. The van der Waals surface area contributed by atoms with Gasteiger partial charge in [-0.1, -0.05) is 83.1 Å². The van der Waals surface area contributed by atoms with Crippen LogP contribution in [-0.2, 0) is 84.9 Å². The highest BCUT2D eigenvalue weighted by Crippen LogP contribution is 2.44. The summed E-state index contributed by atoms with van der Waals surface area (Å²) in [6.07, 6.45) is 1.19. The molecular weight excluding hydrogens is 1370 g/mol.